The Labute approximate surface area is 106 Å². The van der Waals surface area contributed by atoms with Crippen molar-refractivity contribution in [3.8, 4) is 0 Å². The number of hydrogen-bond acceptors (Lipinski definition) is 1. The molecular formula is C16H25N. The molecule has 1 aromatic rings. The van der Waals surface area contributed by atoms with Gasteiger partial charge in [0.05, 0.1) is 0 Å². The molecule has 0 N–H and O–H groups in total. The van der Waals surface area contributed by atoms with E-state index in [0.29, 0.717) is 5.41 Å². The minimum Gasteiger partial charge on any atom is -0.261 e. The molecule has 0 aliphatic heterocycles. The minimum atomic E-state index is 0.454. The summed E-state index contributed by atoms with van der Waals surface area (Å²) in [6.45, 7) is 11.5. The van der Waals surface area contributed by atoms with Gasteiger partial charge in [0.15, 0.2) is 0 Å². The summed E-state index contributed by atoms with van der Waals surface area (Å²) < 4.78 is 0. The van der Waals surface area contributed by atoms with E-state index in [0.717, 1.165) is 5.92 Å². The number of hydrogen-bond donors (Lipinski definition) is 0. The van der Waals surface area contributed by atoms with E-state index in [1.165, 1.54) is 36.9 Å². The van der Waals surface area contributed by atoms with E-state index < -0.39 is 0 Å². The molecule has 2 rings (SSSR count). The Hall–Kier alpha value is -0.850. The van der Waals surface area contributed by atoms with Crippen molar-refractivity contribution in [3.05, 3.63) is 28.6 Å². The van der Waals surface area contributed by atoms with Crippen molar-refractivity contribution < 1.29 is 0 Å². The highest BCUT2D eigenvalue weighted by atomic mass is 14.7. The lowest BCUT2D eigenvalue weighted by Crippen LogP contribution is -2.24. The van der Waals surface area contributed by atoms with Gasteiger partial charge in [-0.15, -0.1) is 0 Å². The van der Waals surface area contributed by atoms with E-state index in [1.54, 1.807) is 11.1 Å². The zero-order valence-electron chi connectivity index (χ0n) is 11.9. The molecule has 0 bridgehead atoms. The van der Waals surface area contributed by atoms with Crippen LogP contribution in [0.5, 0.6) is 0 Å². The third-order valence-electron chi connectivity index (χ3n) is 3.94. The average molecular weight is 231 g/mol. The van der Waals surface area contributed by atoms with Crippen LogP contribution in [0.25, 0.3) is 0 Å². The Morgan fingerprint density at radius 2 is 2.00 bits per heavy atom. The van der Waals surface area contributed by atoms with E-state index in [4.69, 9.17) is 0 Å². The number of fused-ring (bicyclic) bond motifs is 1. The first-order valence-corrected chi connectivity index (χ1v) is 6.85. The molecule has 0 amide bonds. The van der Waals surface area contributed by atoms with Crippen LogP contribution in [0.15, 0.2) is 6.20 Å². The van der Waals surface area contributed by atoms with Crippen LogP contribution in [0, 0.1) is 18.3 Å². The van der Waals surface area contributed by atoms with E-state index in [9.17, 15) is 0 Å². The maximum absolute atomic E-state index is 4.61. The number of rotatable bonds is 2. The topological polar surface area (TPSA) is 12.9 Å². The highest BCUT2D eigenvalue weighted by Crippen LogP contribution is 2.37. The molecule has 1 nitrogen and oxygen atoms in total. The molecule has 0 spiro atoms. The van der Waals surface area contributed by atoms with Crippen molar-refractivity contribution in [1.29, 1.82) is 0 Å². The molecule has 0 saturated heterocycles. The lowest BCUT2D eigenvalue weighted by atomic mass is 9.72. The number of pyridine rings is 1. The maximum Gasteiger partial charge on any atom is 0.0407 e. The van der Waals surface area contributed by atoms with Gasteiger partial charge < -0.3 is 0 Å². The van der Waals surface area contributed by atoms with Gasteiger partial charge in [0.2, 0.25) is 0 Å². The Bertz CT molecular complexity index is 416. The molecule has 0 fully saturated rings. The molecule has 1 heterocycles. The van der Waals surface area contributed by atoms with Crippen LogP contribution < -0.4 is 0 Å². The zero-order valence-corrected chi connectivity index (χ0v) is 11.9. The van der Waals surface area contributed by atoms with Crippen LogP contribution >= 0.6 is 0 Å². The van der Waals surface area contributed by atoms with Gasteiger partial charge in [0, 0.05) is 11.9 Å². The second-order valence-corrected chi connectivity index (χ2v) is 6.76. The molecule has 1 heteroatoms. The smallest absolute Gasteiger partial charge is 0.0407 e. The lowest BCUT2D eigenvalue weighted by Gasteiger charge is -2.33. The Balaban J connectivity index is 2.41. The van der Waals surface area contributed by atoms with Crippen molar-refractivity contribution in [3.63, 3.8) is 0 Å². The standard InChI is InChI=1S/C16H25N/c1-11(2)8-13-10-17-12(3)15-9-16(4,5)7-6-14(13)15/h10-11H,6-9H2,1-5H3. The monoisotopic (exact) mass is 231 g/mol. The predicted molar refractivity (Wildman–Crippen MR) is 73.3 cm³/mol. The van der Waals surface area contributed by atoms with Gasteiger partial charge in [0.1, 0.15) is 0 Å². The molecule has 1 aliphatic carbocycles. The van der Waals surface area contributed by atoms with Crippen LogP contribution in [-0.4, -0.2) is 4.98 Å². The molecule has 17 heavy (non-hydrogen) atoms. The minimum absolute atomic E-state index is 0.454. The average Bonchev–Trinajstić information content (AvgIpc) is 2.21. The third-order valence-corrected chi connectivity index (χ3v) is 3.94. The van der Waals surface area contributed by atoms with Crippen LogP contribution in [0.4, 0.5) is 0 Å². The molecule has 0 saturated carbocycles. The van der Waals surface area contributed by atoms with Crippen molar-refractivity contribution in [2.75, 3.05) is 0 Å². The predicted octanol–water partition coefficient (Wildman–Crippen LogP) is 4.10. The van der Waals surface area contributed by atoms with Crippen molar-refractivity contribution >= 4 is 0 Å². The molecule has 1 aromatic heterocycles. The SMILES string of the molecule is Cc1ncc(CC(C)C)c2c1CC(C)(C)CC2. The molecular weight excluding hydrogens is 206 g/mol. The second kappa shape index (κ2) is 4.44. The van der Waals surface area contributed by atoms with Gasteiger partial charge in [-0.3, -0.25) is 4.98 Å². The molecule has 1 aliphatic rings. The van der Waals surface area contributed by atoms with Crippen LogP contribution in [-0.2, 0) is 19.3 Å². The normalized spacial score (nSPS) is 18.2. The van der Waals surface area contributed by atoms with Crippen molar-refractivity contribution in [2.24, 2.45) is 11.3 Å². The maximum atomic E-state index is 4.61. The summed E-state index contributed by atoms with van der Waals surface area (Å²) in [4.78, 5) is 4.61. The number of aryl methyl sites for hydroxylation is 1. The van der Waals surface area contributed by atoms with Gasteiger partial charge >= 0.3 is 0 Å². The Morgan fingerprint density at radius 1 is 1.29 bits per heavy atom. The molecule has 94 valence electrons. The first-order chi connectivity index (χ1) is 7.89. The fourth-order valence-corrected chi connectivity index (χ4v) is 2.93. The summed E-state index contributed by atoms with van der Waals surface area (Å²) in [5, 5.41) is 0. The summed E-state index contributed by atoms with van der Waals surface area (Å²) in [7, 11) is 0. The van der Waals surface area contributed by atoms with Crippen LogP contribution in [0.1, 0.15) is 56.5 Å². The van der Waals surface area contributed by atoms with Gasteiger partial charge in [-0.2, -0.15) is 0 Å². The molecule has 0 aromatic carbocycles. The molecule has 0 radical (unpaired) electrons. The van der Waals surface area contributed by atoms with Crippen LogP contribution in [0.3, 0.4) is 0 Å². The van der Waals surface area contributed by atoms with E-state index in [1.807, 2.05) is 0 Å². The number of aromatic nitrogens is 1. The van der Waals surface area contributed by atoms with E-state index in [2.05, 4.69) is 45.8 Å². The van der Waals surface area contributed by atoms with Gasteiger partial charge in [0.25, 0.3) is 0 Å². The Morgan fingerprint density at radius 3 is 2.65 bits per heavy atom. The molecule has 0 atom stereocenters. The van der Waals surface area contributed by atoms with Crippen LogP contribution in [0.2, 0.25) is 0 Å². The summed E-state index contributed by atoms with van der Waals surface area (Å²) in [5.74, 6) is 0.721. The van der Waals surface area contributed by atoms with E-state index >= 15 is 0 Å². The van der Waals surface area contributed by atoms with Crippen molar-refractivity contribution in [2.45, 2.75) is 60.3 Å². The summed E-state index contributed by atoms with van der Waals surface area (Å²) in [6.07, 6.45) is 7.05. The lowest BCUT2D eigenvalue weighted by molar-refractivity contribution is 0.312. The largest absolute Gasteiger partial charge is 0.261 e. The number of nitrogens with zero attached hydrogens (tertiary/aromatic N) is 1. The summed E-state index contributed by atoms with van der Waals surface area (Å²) in [5.41, 5.74) is 6.36. The van der Waals surface area contributed by atoms with Gasteiger partial charge in [-0.05, 0) is 60.6 Å². The van der Waals surface area contributed by atoms with Gasteiger partial charge in [-0.1, -0.05) is 27.7 Å². The Kier molecular flexibility index (Phi) is 3.29. The van der Waals surface area contributed by atoms with Gasteiger partial charge in [-0.25, -0.2) is 0 Å². The van der Waals surface area contributed by atoms with Crippen molar-refractivity contribution in [1.82, 2.24) is 4.98 Å². The highest BCUT2D eigenvalue weighted by molar-refractivity contribution is 5.39. The highest BCUT2D eigenvalue weighted by Gasteiger charge is 2.28. The third kappa shape index (κ3) is 2.70. The van der Waals surface area contributed by atoms with E-state index in [-0.39, 0.29) is 0 Å². The first-order valence-electron chi connectivity index (χ1n) is 6.85. The first kappa shape index (κ1) is 12.6. The second-order valence-electron chi connectivity index (χ2n) is 6.76. The summed E-state index contributed by atoms with van der Waals surface area (Å²) >= 11 is 0. The zero-order chi connectivity index (χ0) is 12.6. The quantitative estimate of drug-likeness (QED) is 0.746. The fraction of sp³-hybridized carbons (Fsp3) is 0.688. The molecule has 0 unspecified atom stereocenters. The fourth-order valence-electron chi connectivity index (χ4n) is 2.93. The summed E-state index contributed by atoms with van der Waals surface area (Å²) in [6, 6.07) is 0.